The molecular weight excluding hydrogens is 268 g/mol. The second kappa shape index (κ2) is 6.31. The average Bonchev–Trinajstić information content (AvgIpc) is 2.38. The molecule has 0 saturated carbocycles. The summed E-state index contributed by atoms with van der Waals surface area (Å²) in [4.78, 5) is 10.5. The molecule has 0 saturated heterocycles. The van der Waals surface area contributed by atoms with Crippen molar-refractivity contribution in [2.45, 2.75) is 18.2 Å². The maximum atomic E-state index is 12.0. The largest absolute Gasteiger partial charge is 0.481 e. The number of hydrogen-bond acceptors (Lipinski definition) is 4. The molecule has 0 radical (unpaired) electrons. The van der Waals surface area contributed by atoms with Gasteiger partial charge in [-0.15, -0.1) is 0 Å². The van der Waals surface area contributed by atoms with E-state index in [1.807, 2.05) is 0 Å². The van der Waals surface area contributed by atoms with Crippen LogP contribution >= 0.6 is 0 Å². The molecule has 1 aromatic rings. The van der Waals surface area contributed by atoms with Crippen LogP contribution in [0.2, 0.25) is 0 Å². The van der Waals surface area contributed by atoms with E-state index < -0.39 is 21.9 Å². The normalized spacial score (nSPS) is 12.6. The third kappa shape index (κ3) is 4.05. The van der Waals surface area contributed by atoms with E-state index in [0.29, 0.717) is 0 Å². The molecule has 1 atom stereocenters. The summed E-state index contributed by atoms with van der Waals surface area (Å²) in [5, 5.41) is 17.5. The van der Waals surface area contributed by atoms with Gasteiger partial charge in [0.2, 0.25) is 10.0 Å². The SMILES string of the molecule is CC(CCNS(=O)(=O)c1ccccc1C#N)C(=O)O. The Bertz CT molecular complexity index is 604. The zero-order valence-corrected chi connectivity index (χ0v) is 11.1. The van der Waals surface area contributed by atoms with Gasteiger partial charge >= 0.3 is 5.97 Å². The number of rotatable bonds is 6. The van der Waals surface area contributed by atoms with Gasteiger partial charge in [0.1, 0.15) is 6.07 Å². The molecule has 19 heavy (non-hydrogen) atoms. The zero-order chi connectivity index (χ0) is 14.5. The van der Waals surface area contributed by atoms with Crippen molar-refractivity contribution in [2.75, 3.05) is 6.54 Å². The predicted molar refractivity (Wildman–Crippen MR) is 67.8 cm³/mol. The molecule has 6 nitrogen and oxygen atoms in total. The first kappa shape index (κ1) is 15.1. The maximum Gasteiger partial charge on any atom is 0.306 e. The molecule has 1 aromatic carbocycles. The van der Waals surface area contributed by atoms with Crippen LogP contribution in [0.4, 0.5) is 0 Å². The molecule has 0 aromatic heterocycles. The number of aliphatic carboxylic acids is 1. The Morgan fingerprint density at radius 1 is 1.47 bits per heavy atom. The fraction of sp³-hybridized carbons (Fsp3) is 0.333. The van der Waals surface area contributed by atoms with Crippen molar-refractivity contribution in [2.24, 2.45) is 5.92 Å². The van der Waals surface area contributed by atoms with Crippen LogP contribution in [0, 0.1) is 17.2 Å². The van der Waals surface area contributed by atoms with Gasteiger partial charge in [-0.25, -0.2) is 13.1 Å². The number of sulfonamides is 1. The lowest BCUT2D eigenvalue weighted by Crippen LogP contribution is -2.27. The minimum absolute atomic E-state index is 0.00949. The lowest BCUT2D eigenvalue weighted by molar-refractivity contribution is -0.141. The average molecular weight is 282 g/mol. The van der Waals surface area contributed by atoms with Crippen LogP contribution < -0.4 is 4.72 Å². The van der Waals surface area contributed by atoms with Gasteiger partial charge in [-0.05, 0) is 18.6 Å². The zero-order valence-electron chi connectivity index (χ0n) is 10.3. The van der Waals surface area contributed by atoms with E-state index in [0.717, 1.165) is 0 Å². The van der Waals surface area contributed by atoms with Gasteiger partial charge in [-0.2, -0.15) is 5.26 Å². The molecule has 1 unspecified atom stereocenters. The lowest BCUT2D eigenvalue weighted by atomic mass is 10.1. The highest BCUT2D eigenvalue weighted by Crippen LogP contribution is 2.14. The van der Waals surface area contributed by atoms with Gasteiger partial charge in [0.05, 0.1) is 16.4 Å². The first-order chi connectivity index (χ1) is 8.88. The summed E-state index contributed by atoms with van der Waals surface area (Å²) in [6, 6.07) is 7.65. The molecule has 0 bridgehead atoms. The Balaban J connectivity index is 2.77. The van der Waals surface area contributed by atoms with E-state index in [9.17, 15) is 13.2 Å². The second-order valence-corrected chi connectivity index (χ2v) is 5.77. The van der Waals surface area contributed by atoms with Crippen molar-refractivity contribution in [1.29, 1.82) is 5.26 Å². The summed E-state index contributed by atoms with van der Waals surface area (Å²) in [5.41, 5.74) is 0.0567. The van der Waals surface area contributed by atoms with E-state index in [1.54, 1.807) is 12.1 Å². The number of nitrogens with zero attached hydrogens (tertiary/aromatic N) is 1. The summed E-state index contributed by atoms with van der Waals surface area (Å²) in [6.45, 7) is 1.51. The highest BCUT2D eigenvalue weighted by Gasteiger charge is 2.18. The van der Waals surface area contributed by atoms with Gasteiger partial charge in [0, 0.05) is 6.54 Å². The predicted octanol–water partition coefficient (Wildman–Crippen LogP) is 0.947. The topological polar surface area (TPSA) is 107 Å². The van der Waals surface area contributed by atoms with E-state index >= 15 is 0 Å². The Morgan fingerprint density at radius 2 is 2.11 bits per heavy atom. The van der Waals surface area contributed by atoms with Gasteiger partial charge in [-0.3, -0.25) is 4.79 Å². The van der Waals surface area contributed by atoms with Gasteiger partial charge in [-0.1, -0.05) is 19.1 Å². The van der Waals surface area contributed by atoms with E-state index in [-0.39, 0.29) is 23.4 Å². The third-order valence-electron chi connectivity index (χ3n) is 2.59. The molecule has 0 amide bonds. The molecular formula is C12H14N2O4S. The quantitative estimate of drug-likeness (QED) is 0.807. The van der Waals surface area contributed by atoms with Crippen molar-refractivity contribution in [3.8, 4) is 6.07 Å². The van der Waals surface area contributed by atoms with E-state index in [1.165, 1.54) is 25.1 Å². The molecule has 1 rings (SSSR count). The maximum absolute atomic E-state index is 12.0. The van der Waals surface area contributed by atoms with Crippen LogP contribution in [-0.4, -0.2) is 26.0 Å². The van der Waals surface area contributed by atoms with Crippen molar-refractivity contribution in [3.05, 3.63) is 29.8 Å². The number of carbonyl (C=O) groups is 1. The molecule has 0 aliphatic heterocycles. The number of benzene rings is 1. The number of carboxylic acid groups (broad SMARTS) is 1. The fourth-order valence-electron chi connectivity index (χ4n) is 1.40. The first-order valence-electron chi connectivity index (χ1n) is 5.60. The van der Waals surface area contributed by atoms with Crippen LogP contribution in [0.5, 0.6) is 0 Å². The van der Waals surface area contributed by atoms with E-state index in [2.05, 4.69) is 4.72 Å². The molecule has 0 heterocycles. The number of nitrogens with one attached hydrogen (secondary N) is 1. The molecule has 2 N–H and O–H groups in total. The highest BCUT2D eigenvalue weighted by atomic mass is 32.2. The smallest absolute Gasteiger partial charge is 0.306 e. The van der Waals surface area contributed by atoms with Crippen molar-refractivity contribution in [1.82, 2.24) is 4.72 Å². The van der Waals surface area contributed by atoms with Crippen molar-refractivity contribution >= 4 is 16.0 Å². The first-order valence-corrected chi connectivity index (χ1v) is 7.08. The molecule has 0 fully saturated rings. The number of nitriles is 1. The second-order valence-electron chi connectivity index (χ2n) is 4.03. The summed E-state index contributed by atoms with van der Waals surface area (Å²) in [7, 11) is -3.79. The summed E-state index contributed by atoms with van der Waals surface area (Å²) in [5.74, 6) is -1.61. The standard InChI is InChI=1S/C12H14N2O4S/c1-9(12(15)16)6-7-14-19(17,18)11-5-3-2-4-10(11)8-13/h2-5,9,14H,6-7H2,1H3,(H,15,16). The number of hydrogen-bond donors (Lipinski definition) is 2. The molecule has 0 aliphatic rings. The summed E-state index contributed by atoms with van der Waals surface area (Å²) >= 11 is 0. The summed E-state index contributed by atoms with van der Waals surface area (Å²) < 4.78 is 26.2. The van der Waals surface area contributed by atoms with Crippen LogP contribution in [-0.2, 0) is 14.8 Å². The van der Waals surface area contributed by atoms with Gasteiger partial charge in [0.15, 0.2) is 0 Å². The lowest BCUT2D eigenvalue weighted by Gasteiger charge is -2.09. The monoisotopic (exact) mass is 282 g/mol. The minimum Gasteiger partial charge on any atom is -0.481 e. The molecule has 102 valence electrons. The molecule has 0 spiro atoms. The Morgan fingerprint density at radius 3 is 2.68 bits per heavy atom. The summed E-state index contributed by atoms with van der Waals surface area (Å²) in [6.07, 6.45) is 0.184. The van der Waals surface area contributed by atoms with Gasteiger partial charge < -0.3 is 5.11 Å². The van der Waals surface area contributed by atoms with Crippen LogP contribution in [0.1, 0.15) is 18.9 Å². The van der Waals surface area contributed by atoms with Crippen LogP contribution in [0.15, 0.2) is 29.2 Å². The molecule has 7 heteroatoms. The Kier molecular flexibility index (Phi) is 5.03. The highest BCUT2D eigenvalue weighted by molar-refractivity contribution is 7.89. The van der Waals surface area contributed by atoms with E-state index in [4.69, 9.17) is 10.4 Å². The fourth-order valence-corrected chi connectivity index (χ4v) is 2.61. The third-order valence-corrected chi connectivity index (χ3v) is 4.11. The van der Waals surface area contributed by atoms with Crippen LogP contribution in [0.3, 0.4) is 0 Å². The van der Waals surface area contributed by atoms with Gasteiger partial charge in [0.25, 0.3) is 0 Å². The Hall–Kier alpha value is -1.91. The van der Waals surface area contributed by atoms with Crippen LogP contribution in [0.25, 0.3) is 0 Å². The molecule has 0 aliphatic carbocycles. The van der Waals surface area contributed by atoms with Crippen molar-refractivity contribution in [3.63, 3.8) is 0 Å². The Labute approximate surface area is 111 Å². The number of carboxylic acids is 1. The van der Waals surface area contributed by atoms with Crippen molar-refractivity contribution < 1.29 is 18.3 Å². The minimum atomic E-state index is -3.79.